The molecular weight excluding hydrogens is 191 g/mol. The predicted molar refractivity (Wildman–Crippen MR) is 45.9 cm³/mol. The summed E-state index contributed by atoms with van der Waals surface area (Å²) >= 11 is 0. The maximum absolute atomic E-state index is 13.1. The van der Waals surface area contributed by atoms with Crippen LogP contribution in [0.4, 0.5) is 14.5 Å². The smallest absolute Gasteiger partial charge is 0.262 e. The molecular formula is C8H4BF2NO2. The van der Waals surface area contributed by atoms with Crippen LogP contribution in [0, 0.1) is 11.6 Å². The minimum Gasteiger partial charge on any atom is -0.478 e. The minimum absolute atomic E-state index is 0.0534. The number of carbonyl (C=O) groups is 1. The van der Waals surface area contributed by atoms with Crippen LogP contribution < -0.4 is 15.5 Å². The van der Waals surface area contributed by atoms with Gasteiger partial charge in [-0.2, -0.15) is 4.39 Å². The van der Waals surface area contributed by atoms with Crippen LogP contribution in [0.5, 0.6) is 5.75 Å². The van der Waals surface area contributed by atoms with Crippen molar-refractivity contribution in [3.05, 3.63) is 17.7 Å². The molecule has 3 nitrogen and oxygen atoms in total. The van der Waals surface area contributed by atoms with Crippen molar-refractivity contribution in [1.29, 1.82) is 0 Å². The Morgan fingerprint density at radius 2 is 2.14 bits per heavy atom. The normalized spacial score (nSPS) is 14.3. The summed E-state index contributed by atoms with van der Waals surface area (Å²) in [6, 6.07) is 1.12. The number of benzene rings is 1. The number of carbonyl (C=O) groups excluding carboxylic acids is 1. The van der Waals surface area contributed by atoms with E-state index in [4.69, 9.17) is 12.6 Å². The van der Waals surface area contributed by atoms with Crippen molar-refractivity contribution < 1.29 is 18.3 Å². The molecule has 0 spiro atoms. The highest BCUT2D eigenvalue weighted by Gasteiger charge is 2.23. The zero-order valence-electron chi connectivity index (χ0n) is 6.93. The largest absolute Gasteiger partial charge is 0.478 e. The van der Waals surface area contributed by atoms with Gasteiger partial charge in [-0.3, -0.25) is 4.79 Å². The van der Waals surface area contributed by atoms with Gasteiger partial charge in [0.15, 0.2) is 18.2 Å². The van der Waals surface area contributed by atoms with E-state index in [0.717, 1.165) is 6.07 Å². The van der Waals surface area contributed by atoms with Gasteiger partial charge in [-0.25, -0.2) is 4.39 Å². The standard InChI is InChI=1S/C8H4BF2NO2/c9-3-1-4-8(7(11)6(3)10)14-2-5(13)12-4/h1H,2H2,(H,12,13). The number of halogens is 2. The van der Waals surface area contributed by atoms with Crippen LogP contribution in [0.1, 0.15) is 0 Å². The molecule has 1 N–H and O–H groups in total. The van der Waals surface area contributed by atoms with E-state index >= 15 is 0 Å². The molecule has 1 amide bonds. The number of nitrogens with one attached hydrogen (secondary N) is 1. The van der Waals surface area contributed by atoms with Crippen LogP contribution in [0.25, 0.3) is 0 Å². The first kappa shape index (κ1) is 8.99. The Labute approximate surface area is 79.5 Å². The van der Waals surface area contributed by atoms with Crippen LogP contribution in [0.15, 0.2) is 6.07 Å². The maximum atomic E-state index is 13.1. The van der Waals surface area contributed by atoms with Crippen molar-refractivity contribution in [3.63, 3.8) is 0 Å². The summed E-state index contributed by atoms with van der Waals surface area (Å²) in [4.78, 5) is 10.8. The van der Waals surface area contributed by atoms with Crippen molar-refractivity contribution >= 4 is 24.9 Å². The molecule has 1 aromatic carbocycles. The number of hydrogen-bond acceptors (Lipinski definition) is 2. The first-order chi connectivity index (χ1) is 6.59. The molecule has 0 saturated heterocycles. The molecule has 0 atom stereocenters. The highest BCUT2D eigenvalue weighted by molar-refractivity contribution is 6.33. The number of hydrogen-bond donors (Lipinski definition) is 1. The number of amides is 1. The second-order valence-electron chi connectivity index (χ2n) is 2.81. The van der Waals surface area contributed by atoms with Crippen molar-refractivity contribution in [2.24, 2.45) is 0 Å². The highest BCUT2D eigenvalue weighted by atomic mass is 19.2. The summed E-state index contributed by atoms with van der Waals surface area (Å²) in [7, 11) is 5.17. The summed E-state index contributed by atoms with van der Waals surface area (Å²) in [6.07, 6.45) is 0. The summed E-state index contributed by atoms with van der Waals surface area (Å²) in [5.74, 6) is -3.08. The highest BCUT2D eigenvalue weighted by Crippen LogP contribution is 2.30. The molecule has 2 rings (SSSR count). The molecule has 70 valence electrons. The average Bonchev–Trinajstić information content (AvgIpc) is 2.14. The van der Waals surface area contributed by atoms with Gasteiger partial charge in [0.25, 0.3) is 5.91 Å². The summed E-state index contributed by atoms with van der Waals surface area (Å²) in [6.45, 7) is -0.326. The van der Waals surface area contributed by atoms with Gasteiger partial charge in [0.1, 0.15) is 7.85 Å². The first-order valence-electron chi connectivity index (χ1n) is 3.79. The van der Waals surface area contributed by atoms with Gasteiger partial charge in [-0.05, 0) is 6.07 Å². The lowest BCUT2D eigenvalue weighted by Gasteiger charge is -2.19. The van der Waals surface area contributed by atoms with E-state index in [0.29, 0.717) is 0 Å². The van der Waals surface area contributed by atoms with Gasteiger partial charge < -0.3 is 10.1 Å². The first-order valence-corrected chi connectivity index (χ1v) is 3.79. The van der Waals surface area contributed by atoms with Gasteiger partial charge >= 0.3 is 0 Å². The Kier molecular flexibility index (Phi) is 1.91. The molecule has 0 saturated carbocycles. The van der Waals surface area contributed by atoms with E-state index in [-0.39, 0.29) is 23.5 Å². The van der Waals surface area contributed by atoms with E-state index in [9.17, 15) is 13.6 Å². The molecule has 2 radical (unpaired) electrons. The van der Waals surface area contributed by atoms with Crippen molar-refractivity contribution in [2.45, 2.75) is 0 Å². The van der Waals surface area contributed by atoms with Gasteiger partial charge in [0, 0.05) is 0 Å². The van der Waals surface area contributed by atoms with Gasteiger partial charge in [0.2, 0.25) is 5.82 Å². The lowest BCUT2D eigenvalue weighted by Crippen LogP contribution is -2.28. The quantitative estimate of drug-likeness (QED) is 0.595. The number of rotatable bonds is 0. The zero-order valence-corrected chi connectivity index (χ0v) is 6.93. The average molecular weight is 195 g/mol. The third-order valence-corrected chi connectivity index (χ3v) is 1.81. The Hall–Kier alpha value is -1.59. The van der Waals surface area contributed by atoms with E-state index in [1.165, 1.54) is 0 Å². The van der Waals surface area contributed by atoms with Crippen molar-refractivity contribution in [2.75, 3.05) is 11.9 Å². The van der Waals surface area contributed by atoms with E-state index in [2.05, 4.69) is 5.32 Å². The van der Waals surface area contributed by atoms with Gasteiger partial charge in [0.05, 0.1) is 5.69 Å². The fourth-order valence-corrected chi connectivity index (χ4v) is 1.19. The molecule has 6 heteroatoms. The van der Waals surface area contributed by atoms with Gasteiger partial charge in [-0.15, -0.1) is 0 Å². The third-order valence-electron chi connectivity index (χ3n) is 1.81. The molecule has 1 aromatic rings. The van der Waals surface area contributed by atoms with Crippen LogP contribution in [-0.4, -0.2) is 20.4 Å². The fraction of sp³-hybridized carbons (Fsp3) is 0.125. The lowest BCUT2D eigenvalue weighted by molar-refractivity contribution is -0.118. The Bertz CT molecular complexity index is 422. The zero-order chi connectivity index (χ0) is 10.3. The molecule has 1 aliphatic heterocycles. The maximum Gasteiger partial charge on any atom is 0.262 e. The van der Waals surface area contributed by atoms with Crippen LogP contribution in [0.3, 0.4) is 0 Å². The number of fused-ring (bicyclic) bond motifs is 1. The third kappa shape index (κ3) is 1.23. The second-order valence-corrected chi connectivity index (χ2v) is 2.81. The molecule has 0 unspecified atom stereocenters. The monoisotopic (exact) mass is 195 g/mol. The SMILES string of the molecule is [B]c1cc2c(c(F)c1F)OCC(=O)N2. The lowest BCUT2D eigenvalue weighted by atomic mass is 9.94. The number of anilines is 1. The van der Waals surface area contributed by atoms with E-state index < -0.39 is 17.5 Å². The van der Waals surface area contributed by atoms with Crippen LogP contribution in [-0.2, 0) is 4.79 Å². The van der Waals surface area contributed by atoms with Crippen LogP contribution >= 0.6 is 0 Å². The summed E-state index contributed by atoms with van der Waals surface area (Å²) in [5, 5.41) is 2.32. The molecule has 14 heavy (non-hydrogen) atoms. The molecule has 1 heterocycles. The van der Waals surface area contributed by atoms with Crippen molar-refractivity contribution in [1.82, 2.24) is 0 Å². The topological polar surface area (TPSA) is 38.3 Å². The fourth-order valence-electron chi connectivity index (χ4n) is 1.19. The van der Waals surface area contributed by atoms with E-state index in [1.807, 2.05) is 0 Å². The molecule has 0 fully saturated rings. The number of ether oxygens (including phenoxy) is 1. The van der Waals surface area contributed by atoms with Gasteiger partial charge in [-0.1, -0.05) is 5.46 Å². The van der Waals surface area contributed by atoms with E-state index in [1.54, 1.807) is 0 Å². The predicted octanol–water partition coefficient (Wildman–Crippen LogP) is 0.0895. The second kappa shape index (κ2) is 2.97. The van der Waals surface area contributed by atoms with Crippen molar-refractivity contribution in [3.8, 4) is 5.75 Å². The summed E-state index contributed by atoms with van der Waals surface area (Å²) < 4.78 is 30.8. The van der Waals surface area contributed by atoms with Crippen LogP contribution in [0.2, 0.25) is 0 Å². The molecule has 0 aliphatic carbocycles. The molecule has 0 bridgehead atoms. The molecule has 0 aromatic heterocycles. The minimum atomic E-state index is -1.18. The Morgan fingerprint density at radius 3 is 2.86 bits per heavy atom. The summed E-state index contributed by atoms with van der Waals surface area (Å²) in [5.41, 5.74) is -0.315. The Morgan fingerprint density at radius 1 is 1.43 bits per heavy atom. The Balaban J connectivity index is 2.59. The molecule has 1 aliphatic rings.